The Morgan fingerprint density at radius 3 is 2.68 bits per heavy atom. The molecule has 1 aromatic rings. The average molecular weight is 417 g/mol. The van der Waals surface area contributed by atoms with Crippen LogP contribution in [0.5, 0.6) is 11.5 Å². The molecule has 0 unspecified atom stereocenters. The van der Waals surface area contributed by atoms with Crippen molar-refractivity contribution in [1.82, 2.24) is 5.32 Å². The molecule has 1 aromatic carbocycles. The maximum atomic E-state index is 5.90. The summed E-state index contributed by atoms with van der Waals surface area (Å²) in [6.07, 6.45) is 8.96. The molecule has 2 rings (SSSR count). The molecular weight excluding hydrogens is 389 g/mol. The number of benzene rings is 1. The van der Waals surface area contributed by atoms with Crippen molar-refractivity contribution in [2.45, 2.75) is 64.5 Å². The van der Waals surface area contributed by atoms with Crippen LogP contribution in [0.3, 0.4) is 0 Å². The SMILES string of the molecule is CCCCOc1c(I)cc(CNC2CCCCC2)cc1OC. The minimum Gasteiger partial charge on any atom is -0.493 e. The van der Waals surface area contributed by atoms with Crippen LogP contribution >= 0.6 is 22.6 Å². The molecule has 1 fully saturated rings. The third-order valence-electron chi connectivity index (χ3n) is 4.23. The van der Waals surface area contributed by atoms with Crippen molar-refractivity contribution in [1.29, 1.82) is 0 Å². The Hall–Kier alpha value is -0.490. The molecule has 1 aliphatic rings. The summed E-state index contributed by atoms with van der Waals surface area (Å²) in [6, 6.07) is 5.00. The lowest BCUT2D eigenvalue weighted by molar-refractivity contribution is 0.286. The van der Waals surface area contributed by atoms with Gasteiger partial charge >= 0.3 is 0 Å². The van der Waals surface area contributed by atoms with E-state index in [4.69, 9.17) is 9.47 Å². The summed E-state index contributed by atoms with van der Waals surface area (Å²) in [4.78, 5) is 0. The Kier molecular flexibility index (Phi) is 7.80. The smallest absolute Gasteiger partial charge is 0.174 e. The summed E-state index contributed by atoms with van der Waals surface area (Å²) in [7, 11) is 1.72. The molecule has 0 aromatic heterocycles. The summed E-state index contributed by atoms with van der Waals surface area (Å²) >= 11 is 2.35. The zero-order valence-electron chi connectivity index (χ0n) is 13.8. The average Bonchev–Trinajstić information content (AvgIpc) is 2.55. The first-order valence-electron chi connectivity index (χ1n) is 8.47. The molecule has 124 valence electrons. The number of hydrogen-bond donors (Lipinski definition) is 1. The molecule has 0 aliphatic heterocycles. The van der Waals surface area contributed by atoms with Gasteiger partial charge in [-0.1, -0.05) is 32.6 Å². The van der Waals surface area contributed by atoms with Crippen molar-refractivity contribution in [3.63, 3.8) is 0 Å². The standard InChI is InChI=1S/C18H28INO2/c1-3-4-10-22-18-16(19)11-14(12-17(18)21-2)13-20-15-8-6-5-7-9-15/h11-12,15,20H,3-10,13H2,1-2H3. The highest BCUT2D eigenvalue weighted by molar-refractivity contribution is 14.1. The van der Waals surface area contributed by atoms with E-state index in [2.05, 4.69) is 47.0 Å². The van der Waals surface area contributed by atoms with E-state index in [-0.39, 0.29) is 0 Å². The van der Waals surface area contributed by atoms with Crippen LogP contribution in [0.25, 0.3) is 0 Å². The van der Waals surface area contributed by atoms with E-state index in [0.29, 0.717) is 6.04 Å². The summed E-state index contributed by atoms with van der Waals surface area (Å²) in [6.45, 7) is 3.83. The van der Waals surface area contributed by atoms with Gasteiger partial charge in [0.1, 0.15) is 0 Å². The molecule has 0 atom stereocenters. The second kappa shape index (κ2) is 9.60. The highest BCUT2D eigenvalue weighted by Gasteiger charge is 2.15. The number of hydrogen-bond acceptors (Lipinski definition) is 3. The predicted molar refractivity (Wildman–Crippen MR) is 99.8 cm³/mol. The number of halogens is 1. The van der Waals surface area contributed by atoms with Crippen molar-refractivity contribution in [3.8, 4) is 11.5 Å². The monoisotopic (exact) mass is 417 g/mol. The molecule has 0 heterocycles. The van der Waals surface area contributed by atoms with Crippen LogP contribution in [0.1, 0.15) is 57.4 Å². The fourth-order valence-electron chi connectivity index (χ4n) is 2.90. The summed E-state index contributed by atoms with van der Waals surface area (Å²) in [5.74, 6) is 1.74. The van der Waals surface area contributed by atoms with Crippen molar-refractivity contribution < 1.29 is 9.47 Å². The van der Waals surface area contributed by atoms with Gasteiger partial charge in [-0.2, -0.15) is 0 Å². The first kappa shape index (κ1) is 17.9. The first-order valence-corrected chi connectivity index (χ1v) is 9.55. The third-order valence-corrected chi connectivity index (χ3v) is 5.03. The van der Waals surface area contributed by atoms with Gasteiger partial charge in [0.05, 0.1) is 17.3 Å². The Labute approximate surface area is 148 Å². The van der Waals surface area contributed by atoms with Crippen LogP contribution in [0.4, 0.5) is 0 Å². The van der Waals surface area contributed by atoms with E-state index in [1.165, 1.54) is 37.7 Å². The second-order valence-electron chi connectivity index (χ2n) is 6.03. The Morgan fingerprint density at radius 1 is 1.23 bits per heavy atom. The molecule has 0 saturated heterocycles. The fourth-order valence-corrected chi connectivity index (χ4v) is 3.72. The quantitative estimate of drug-likeness (QED) is 0.482. The van der Waals surface area contributed by atoms with E-state index in [0.717, 1.165) is 41.1 Å². The fraction of sp³-hybridized carbons (Fsp3) is 0.667. The zero-order valence-corrected chi connectivity index (χ0v) is 15.9. The van der Waals surface area contributed by atoms with Gasteiger partial charge in [-0.15, -0.1) is 0 Å². The van der Waals surface area contributed by atoms with Gasteiger partial charge in [0.15, 0.2) is 11.5 Å². The van der Waals surface area contributed by atoms with E-state index in [1.54, 1.807) is 7.11 Å². The van der Waals surface area contributed by atoms with Gasteiger partial charge in [-0.3, -0.25) is 0 Å². The zero-order chi connectivity index (χ0) is 15.8. The molecule has 0 spiro atoms. The van der Waals surface area contributed by atoms with Crippen molar-refractivity contribution >= 4 is 22.6 Å². The molecule has 1 saturated carbocycles. The predicted octanol–water partition coefficient (Wildman–Crippen LogP) is 4.90. The maximum absolute atomic E-state index is 5.90. The molecular formula is C18H28INO2. The third kappa shape index (κ3) is 5.30. The number of nitrogens with one attached hydrogen (secondary N) is 1. The molecule has 3 nitrogen and oxygen atoms in total. The lowest BCUT2D eigenvalue weighted by Crippen LogP contribution is -2.30. The minimum absolute atomic E-state index is 0.679. The second-order valence-corrected chi connectivity index (χ2v) is 7.19. The molecule has 4 heteroatoms. The largest absolute Gasteiger partial charge is 0.493 e. The van der Waals surface area contributed by atoms with Crippen LogP contribution < -0.4 is 14.8 Å². The lowest BCUT2D eigenvalue weighted by atomic mass is 9.95. The van der Waals surface area contributed by atoms with Crippen molar-refractivity contribution in [2.75, 3.05) is 13.7 Å². The van der Waals surface area contributed by atoms with Gasteiger partial charge in [0.2, 0.25) is 0 Å². The van der Waals surface area contributed by atoms with Gasteiger partial charge < -0.3 is 14.8 Å². The van der Waals surface area contributed by atoms with Crippen LogP contribution in [-0.4, -0.2) is 19.8 Å². The summed E-state index contributed by atoms with van der Waals surface area (Å²) in [5.41, 5.74) is 1.27. The number of ether oxygens (including phenoxy) is 2. The van der Waals surface area contributed by atoms with Gasteiger partial charge in [0, 0.05) is 12.6 Å². The molecule has 1 N–H and O–H groups in total. The van der Waals surface area contributed by atoms with E-state index < -0.39 is 0 Å². The maximum Gasteiger partial charge on any atom is 0.174 e. The molecule has 0 bridgehead atoms. The Bertz CT molecular complexity index is 459. The minimum atomic E-state index is 0.679. The molecule has 1 aliphatic carbocycles. The Morgan fingerprint density at radius 2 is 2.00 bits per heavy atom. The highest BCUT2D eigenvalue weighted by Crippen LogP contribution is 2.34. The number of methoxy groups -OCH3 is 1. The molecule has 0 radical (unpaired) electrons. The summed E-state index contributed by atoms with van der Waals surface area (Å²) < 4.78 is 12.6. The lowest BCUT2D eigenvalue weighted by Gasteiger charge is -2.23. The number of rotatable bonds is 8. The normalized spacial score (nSPS) is 15.8. The summed E-state index contributed by atoms with van der Waals surface area (Å²) in [5, 5.41) is 3.69. The van der Waals surface area contributed by atoms with Gasteiger partial charge in [-0.05, 0) is 59.5 Å². The van der Waals surface area contributed by atoms with Gasteiger partial charge in [-0.25, -0.2) is 0 Å². The van der Waals surface area contributed by atoms with Crippen LogP contribution in [-0.2, 0) is 6.54 Å². The van der Waals surface area contributed by atoms with Crippen LogP contribution in [0.2, 0.25) is 0 Å². The molecule has 0 amide bonds. The topological polar surface area (TPSA) is 30.5 Å². The van der Waals surface area contributed by atoms with Gasteiger partial charge in [0.25, 0.3) is 0 Å². The van der Waals surface area contributed by atoms with Crippen molar-refractivity contribution in [2.24, 2.45) is 0 Å². The highest BCUT2D eigenvalue weighted by atomic mass is 127. The van der Waals surface area contributed by atoms with E-state index in [9.17, 15) is 0 Å². The first-order chi connectivity index (χ1) is 10.7. The number of unbranched alkanes of at least 4 members (excludes halogenated alkanes) is 1. The van der Waals surface area contributed by atoms with Crippen LogP contribution in [0.15, 0.2) is 12.1 Å². The Balaban J connectivity index is 1.98. The van der Waals surface area contributed by atoms with E-state index >= 15 is 0 Å². The van der Waals surface area contributed by atoms with Crippen LogP contribution in [0, 0.1) is 3.57 Å². The van der Waals surface area contributed by atoms with Crippen molar-refractivity contribution in [3.05, 3.63) is 21.3 Å². The molecule has 22 heavy (non-hydrogen) atoms. The van der Waals surface area contributed by atoms with E-state index in [1.807, 2.05) is 0 Å².